The molecule has 0 spiro atoms. The lowest BCUT2D eigenvalue weighted by molar-refractivity contribution is 0.315. The number of methoxy groups -OCH3 is 1. The van der Waals surface area contributed by atoms with Crippen molar-refractivity contribution in [3.05, 3.63) is 23.2 Å². The van der Waals surface area contributed by atoms with Gasteiger partial charge >= 0.3 is 7.60 Å². The van der Waals surface area contributed by atoms with Gasteiger partial charge < -0.3 is 14.5 Å². The molecule has 1 heterocycles. The van der Waals surface area contributed by atoms with Crippen LogP contribution in [-0.2, 0) is 9.72 Å². The van der Waals surface area contributed by atoms with Crippen LogP contribution >= 0.6 is 18.9 Å². The van der Waals surface area contributed by atoms with Crippen molar-refractivity contribution in [1.82, 2.24) is 4.98 Å². The summed E-state index contributed by atoms with van der Waals surface area (Å²) in [5.74, 6) is 0.711. The zero-order valence-corrected chi connectivity index (χ0v) is 13.4. The highest BCUT2D eigenvalue weighted by molar-refractivity contribution is 7.53. The number of fused-ring (bicyclic) bond motifs is 1. The van der Waals surface area contributed by atoms with Crippen LogP contribution in [0.3, 0.4) is 0 Å². The number of hydrogen-bond acceptors (Lipinski definition) is 4. The normalized spacial score (nSPS) is 12.8. The summed E-state index contributed by atoms with van der Waals surface area (Å²) in [4.78, 5) is 24.0. The van der Waals surface area contributed by atoms with Crippen molar-refractivity contribution in [3.63, 3.8) is 0 Å². The molecule has 0 saturated heterocycles. The molecule has 1 aromatic heterocycles. The highest BCUT2D eigenvalue weighted by Crippen LogP contribution is 2.61. The monoisotopic (exact) mass is 315 g/mol. The summed E-state index contributed by atoms with van der Waals surface area (Å²) >= 11 is 1.33. The zero-order valence-electron chi connectivity index (χ0n) is 11.7. The number of aromatic nitrogens is 1. The van der Waals surface area contributed by atoms with E-state index in [4.69, 9.17) is 4.74 Å². The molecule has 7 heteroatoms. The van der Waals surface area contributed by atoms with Crippen molar-refractivity contribution in [2.24, 2.45) is 0 Å². The third kappa shape index (κ3) is 2.37. The molecule has 0 aliphatic carbocycles. The molecule has 1 aromatic carbocycles. The quantitative estimate of drug-likeness (QED) is 0.826. The average Bonchev–Trinajstić information content (AvgIpc) is 2.81. The molecule has 0 fully saturated rings. The third-order valence-electron chi connectivity index (χ3n) is 3.72. The molecular weight excluding hydrogens is 297 g/mol. The predicted molar refractivity (Wildman–Crippen MR) is 80.5 cm³/mol. The van der Waals surface area contributed by atoms with Crippen molar-refractivity contribution in [1.29, 1.82) is 0 Å². The summed E-state index contributed by atoms with van der Waals surface area (Å²) in [7, 11) is -2.70. The molecule has 2 N–H and O–H groups in total. The van der Waals surface area contributed by atoms with E-state index >= 15 is 0 Å². The largest absolute Gasteiger partial charge is 0.497 e. The first-order valence-electron chi connectivity index (χ1n) is 6.38. The predicted octanol–water partition coefficient (Wildman–Crippen LogP) is 3.50. The molecule has 110 valence electrons. The van der Waals surface area contributed by atoms with Crippen molar-refractivity contribution in [3.8, 4) is 5.75 Å². The molecule has 2 rings (SSSR count). The fraction of sp³-hybridized carbons (Fsp3) is 0.462. The number of ether oxygens (including phenoxy) is 1. The van der Waals surface area contributed by atoms with Crippen molar-refractivity contribution < 1.29 is 19.1 Å². The topological polar surface area (TPSA) is 79.7 Å². The molecular formula is C13H18NO4PS. The number of benzene rings is 1. The van der Waals surface area contributed by atoms with Crippen LogP contribution in [0.4, 0.5) is 0 Å². The van der Waals surface area contributed by atoms with Gasteiger partial charge in [0.1, 0.15) is 15.9 Å². The van der Waals surface area contributed by atoms with Gasteiger partial charge in [0.15, 0.2) is 0 Å². The Labute approximate surface area is 121 Å². The maximum atomic E-state index is 12.0. The molecule has 0 aliphatic rings. The van der Waals surface area contributed by atoms with E-state index in [2.05, 4.69) is 4.98 Å². The molecule has 0 amide bonds. The van der Waals surface area contributed by atoms with Crippen LogP contribution in [-0.4, -0.2) is 21.9 Å². The summed E-state index contributed by atoms with van der Waals surface area (Å²) < 4.78 is 18.0. The number of hydrogen-bond donors (Lipinski definition) is 2. The molecule has 0 radical (unpaired) electrons. The fourth-order valence-electron chi connectivity index (χ4n) is 2.32. The molecule has 2 aromatic rings. The first-order chi connectivity index (χ1) is 9.37. The van der Waals surface area contributed by atoms with Crippen LogP contribution in [0.25, 0.3) is 10.2 Å². The SMILES string of the molecule is CCC(CC)(c1nc2ccc(OC)cc2s1)P(=O)(O)O. The van der Waals surface area contributed by atoms with E-state index in [1.165, 1.54) is 11.3 Å². The molecule has 0 aliphatic heterocycles. The summed E-state index contributed by atoms with van der Waals surface area (Å²) in [6.45, 7) is 3.57. The van der Waals surface area contributed by atoms with Gasteiger partial charge in [0.2, 0.25) is 0 Å². The summed E-state index contributed by atoms with van der Waals surface area (Å²) in [5, 5.41) is -0.691. The minimum atomic E-state index is -4.29. The van der Waals surface area contributed by atoms with Crippen molar-refractivity contribution in [2.75, 3.05) is 7.11 Å². The first kappa shape index (κ1) is 15.4. The minimum Gasteiger partial charge on any atom is -0.497 e. The van der Waals surface area contributed by atoms with Crippen LogP contribution < -0.4 is 4.74 Å². The van der Waals surface area contributed by atoms with E-state index in [-0.39, 0.29) is 0 Å². The third-order valence-corrected chi connectivity index (χ3v) is 7.05. The Balaban J connectivity index is 2.63. The second-order valence-electron chi connectivity index (χ2n) is 4.64. The van der Waals surface area contributed by atoms with Crippen LogP contribution in [0.5, 0.6) is 5.75 Å². The Morgan fingerprint density at radius 2 is 2.00 bits per heavy atom. The number of rotatable bonds is 5. The van der Waals surface area contributed by atoms with Gasteiger partial charge in [-0.1, -0.05) is 13.8 Å². The van der Waals surface area contributed by atoms with Crippen molar-refractivity contribution >= 4 is 29.1 Å². The Bertz CT molecular complexity index is 659. The van der Waals surface area contributed by atoms with E-state index in [1.54, 1.807) is 27.0 Å². The minimum absolute atomic E-state index is 0.352. The summed E-state index contributed by atoms with van der Waals surface area (Å²) in [6, 6.07) is 5.44. The van der Waals surface area contributed by atoms with E-state index in [0.717, 1.165) is 10.2 Å². The molecule has 5 nitrogen and oxygen atoms in total. The maximum absolute atomic E-state index is 12.0. The van der Waals surface area contributed by atoms with Gasteiger partial charge in [-0.05, 0) is 31.0 Å². The Morgan fingerprint density at radius 3 is 2.50 bits per heavy atom. The second kappa shape index (κ2) is 5.45. The van der Waals surface area contributed by atoms with Crippen LogP contribution in [0.2, 0.25) is 0 Å². The van der Waals surface area contributed by atoms with Gasteiger partial charge in [-0.3, -0.25) is 4.57 Å². The molecule has 20 heavy (non-hydrogen) atoms. The highest BCUT2D eigenvalue weighted by atomic mass is 32.1. The van der Waals surface area contributed by atoms with E-state index in [0.29, 0.717) is 23.6 Å². The van der Waals surface area contributed by atoms with Gasteiger partial charge in [0.25, 0.3) is 0 Å². The van der Waals surface area contributed by atoms with Crippen LogP contribution in [0.1, 0.15) is 31.7 Å². The Morgan fingerprint density at radius 1 is 1.35 bits per heavy atom. The average molecular weight is 315 g/mol. The van der Waals surface area contributed by atoms with Crippen LogP contribution in [0.15, 0.2) is 18.2 Å². The van der Waals surface area contributed by atoms with Gasteiger partial charge in [-0.25, -0.2) is 4.98 Å². The lowest BCUT2D eigenvalue weighted by Gasteiger charge is -2.29. The van der Waals surface area contributed by atoms with Gasteiger partial charge in [-0.2, -0.15) is 0 Å². The fourth-order valence-corrected chi connectivity index (χ4v) is 5.16. The van der Waals surface area contributed by atoms with Gasteiger partial charge in [0, 0.05) is 0 Å². The summed E-state index contributed by atoms with van der Waals surface area (Å²) in [6.07, 6.45) is 0.704. The first-order valence-corrected chi connectivity index (χ1v) is 8.81. The van der Waals surface area contributed by atoms with Gasteiger partial charge in [0.05, 0.1) is 17.3 Å². The van der Waals surface area contributed by atoms with Gasteiger partial charge in [-0.15, -0.1) is 11.3 Å². The smallest absolute Gasteiger partial charge is 0.338 e. The Hall–Kier alpha value is -0.940. The number of thiazole rings is 1. The van der Waals surface area contributed by atoms with E-state index in [1.807, 2.05) is 12.1 Å². The standard InChI is InChI=1S/C13H18NO4PS/c1-4-13(5-2,19(15,16)17)12-14-10-7-6-9(18-3)8-11(10)20-12/h6-8H,4-5H2,1-3H3,(H2,15,16,17). The second-order valence-corrected chi connectivity index (χ2v) is 7.61. The number of nitrogens with zero attached hydrogens (tertiary/aromatic N) is 1. The summed E-state index contributed by atoms with van der Waals surface area (Å²) in [5.41, 5.74) is 0.741. The molecule has 0 unspecified atom stereocenters. The van der Waals surface area contributed by atoms with Crippen LogP contribution in [0, 0.1) is 0 Å². The molecule has 0 atom stereocenters. The lowest BCUT2D eigenvalue weighted by Crippen LogP contribution is -2.24. The van der Waals surface area contributed by atoms with E-state index in [9.17, 15) is 14.4 Å². The lowest BCUT2D eigenvalue weighted by atomic mass is 10.0. The van der Waals surface area contributed by atoms with Crippen molar-refractivity contribution in [2.45, 2.75) is 31.8 Å². The Kier molecular flexibility index (Phi) is 4.21. The highest BCUT2D eigenvalue weighted by Gasteiger charge is 2.47. The molecule has 0 saturated carbocycles. The maximum Gasteiger partial charge on any atom is 0.338 e. The molecule has 0 bridgehead atoms. The zero-order chi connectivity index (χ0) is 15.0. The van der Waals surface area contributed by atoms with E-state index < -0.39 is 12.8 Å².